The molecule has 0 aliphatic carbocycles. The fraction of sp³-hybridized carbons (Fsp3) is 0.167. The standard InChI is InChI=1S/C6H8O4.C3H6N6.C3H4O2.H2O/c1-2-6(9)10-4-3-5(7)8;4-1-7-2(5)9-3(6)8-1;1-2-3(4)5;/h2H,1,3-4H2,(H,7,8);(H6,4,5,6,7,8,9);2H,1H2,(H,4,5);1H2. The Bertz CT molecular complexity index is 543. The third-order valence-corrected chi connectivity index (χ3v) is 1.62. The lowest BCUT2D eigenvalue weighted by Crippen LogP contribution is -2.24. The number of carboxylic acid groups (broad SMARTS) is 2. The molecule has 10 N–H and O–H groups in total. The highest BCUT2D eigenvalue weighted by Crippen LogP contribution is 1.91. The van der Waals surface area contributed by atoms with Crippen molar-refractivity contribution in [1.82, 2.24) is 9.97 Å². The Kier molecular flexibility index (Phi) is 15.9. The van der Waals surface area contributed by atoms with E-state index in [1.807, 2.05) is 0 Å². The number of aliphatic carboxylic acids is 2. The van der Waals surface area contributed by atoms with E-state index in [0.717, 1.165) is 12.2 Å². The van der Waals surface area contributed by atoms with Gasteiger partial charge in [0.05, 0.1) is 6.61 Å². The predicted octanol–water partition coefficient (Wildman–Crippen LogP) is -3.67. The number of anilines is 3. The van der Waals surface area contributed by atoms with Crippen molar-refractivity contribution in [3.63, 3.8) is 0 Å². The fourth-order valence-electron chi connectivity index (χ4n) is 0.753. The van der Waals surface area contributed by atoms with Gasteiger partial charge < -0.3 is 42.4 Å². The van der Waals surface area contributed by atoms with Gasteiger partial charge in [0.15, 0.2) is 0 Å². The van der Waals surface area contributed by atoms with Crippen molar-refractivity contribution >= 4 is 35.8 Å². The summed E-state index contributed by atoms with van der Waals surface area (Å²) < 4.78 is 4.32. The summed E-state index contributed by atoms with van der Waals surface area (Å²) in [5, 5.41) is 17.3. The lowest BCUT2D eigenvalue weighted by Gasteiger charge is -2.01. The van der Waals surface area contributed by atoms with Crippen molar-refractivity contribution in [3.05, 3.63) is 25.3 Å². The zero-order valence-corrected chi connectivity index (χ0v) is 13.1. The lowest BCUT2D eigenvalue weighted by molar-refractivity contribution is -0.350. The molecule has 1 aromatic rings. The van der Waals surface area contributed by atoms with Gasteiger partial charge in [0.1, 0.15) is 0 Å². The minimum absolute atomic E-state index is 0. The molecule has 0 aromatic carbocycles. The maximum Gasteiger partial charge on any atom is 0.330 e. The molecule has 13 heteroatoms. The second-order valence-corrected chi connectivity index (χ2v) is 3.51. The van der Waals surface area contributed by atoms with Gasteiger partial charge in [0.25, 0.3) is 0 Å². The van der Waals surface area contributed by atoms with Crippen LogP contribution in [0.4, 0.5) is 17.8 Å². The number of ether oxygens (including phenoxy) is 1. The van der Waals surface area contributed by atoms with Crippen molar-refractivity contribution in [2.75, 3.05) is 23.8 Å². The first-order chi connectivity index (χ1) is 11.1. The number of carbonyl (C=O) groups is 3. The number of hydrogen-bond acceptors (Lipinski definition) is 10. The average molecular weight is 360 g/mol. The molecule has 0 aliphatic rings. The van der Waals surface area contributed by atoms with E-state index in [4.69, 9.17) is 22.3 Å². The van der Waals surface area contributed by atoms with Gasteiger partial charge >= 0.3 is 29.8 Å². The van der Waals surface area contributed by atoms with Gasteiger partial charge in [-0.3, -0.25) is 0 Å². The number of nitrogens with zero attached hydrogens (tertiary/aromatic N) is 2. The van der Waals surface area contributed by atoms with Crippen LogP contribution in [0.1, 0.15) is 6.42 Å². The summed E-state index contributed by atoms with van der Waals surface area (Å²) in [6, 6.07) is 0. The number of nitrogens with one attached hydrogen (secondary N) is 1. The Hall–Kier alpha value is -3.74. The molecule has 0 radical (unpaired) electrons. The third kappa shape index (κ3) is 20.3. The topological polar surface area (TPSA) is 253 Å². The van der Waals surface area contributed by atoms with Gasteiger partial charge in [-0.2, -0.15) is 0 Å². The van der Waals surface area contributed by atoms with Crippen LogP contribution in [0.25, 0.3) is 0 Å². The van der Waals surface area contributed by atoms with E-state index < -0.39 is 17.9 Å². The number of hydrogen-bond donors (Lipinski definition) is 4. The van der Waals surface area contributed by atoms with E-state index in [1.165, 1.54) is 0 Å². The van der Waals surface area contributed by atoms with Gasteiger partial charge in [0.2, 0.25) is 0 Å². The molecule has 1 heterocycles. The number of esters is 1. The SMILES string of the molecule is C=CC(=O)O.C=CC(=O)OCCC(=O)[O-].Nc1nc(N)[nH+]c(N)n1.O. The minimum atomic E-state index is -1.24. The van der Waals surface area contributed by atoms with Gasteiger partial charge in [-0.15, -0.1) is 0 Å². The zero-order valence-electron chi connectivity index (χ0n) is 13.1. The Labute approximate surface area is 142 Å². The van der Waals surface area contributed by atoms with Crippen molar-refractivity contribution < 1.29 is 39.8 Å². The number of aromatic amines is 1. The first-order valence-electron chi connectivity index (χ1n) is 6.04. The first-order valence-corrected chi connectivity index (χ1v) is 6.04. The van der Waals surface area contributed by atoms with E-state index in [0.29, 0.717) is 0 Å². The van der Waals surface area contributed by atoms with E-state index in [-0.39, 0.29) is 36.3 Å². The number of nitrogen functional groups attached to an aromatic ring is 3. The van der Waals surface area contributed by atoms with Crippen LogP contribution in [0.15, 0.2) is 25.3 Å². The van der Waals surface area contributed by atoms with Crippen LogP contribution in [0.2, 0.25) is 0 Å². The summed E-state index contributed by atoms with van der Waals surface area (Å²) in [7, 11) is 0. The molecule has 0 aliphatic heterocycles. The van der Waals surface area contributed by atoms with Gasteiger partial charge in [-0.05, 0) is 0 Å². The molecule has 0 atom stereocenters. The number of rotatable bonds is 5. The maximum absolute atomic E-state index is 10.2. The van der Waals surface area contributed by atoms with Gasteiger partial charge in [0, 0.05) is 24.5 Å². The molecule has 0 spiro atoms. The molecule has 0 amide bonds. The smallest absolute Gasteiger partial charge is 0.330 e. The zero-order chi connectivity index (χ0) is 19.1. The Morgan fingerprint density at radius 1 is 1.16 bits per heavy atom. The number of carboxylic acids is 2. The van der Waals surface area contributed by atoms with Crippen molar-refractivity contribution in [2.45, 2.75) is 6.42 Å². The van der Waals surface area contributed by atoms with Crippen molar-refractivity contribution in [1.29, 1.82) is 0 Å². The second kappa shape index (κ2) is 15.2. The summed E-state index contributed by atoms with van der Waals surface area (Å²) in [6.45, 7) is 5.92. The van der Waals surface area contributed by atoms with Crippen LogP contribution in [-0.2, 0) is 19.1 Å². The number of nitrogens with two attached hydrogens (primary N) is 3. The Balaban J connectivity index is -0.000000300. The van der Waals surface area contributed by atoms with Crippen LogP contribution in [0.5, 0.6) is 0 Å². The molecule has 0 bridgehead atoms. The number of carbonyl (C=O) groups excluding carboxylic acids is 2. The summed E-state index contributed by atoms with van der Waals surface area (Å²) in [5.41, 5.74) is 15.5. The van der Waals surface area contributed by atoms with Crippen molar-refractivity contribution in [2.24, 2.45) is 0 Å². The lowest BCUT2D eigenvalue weighted by atomic mass is 10.5. The highest BCUT2D eigenvalue weighted by Gasteiger charge is 2.01. The van der Waals surface area contributed by atoms with E-state index in [9.17, 15) is 19.5 Å². The van der Waals surface area contributed by atoms with E-state index >= 15 is 0 Å². The molecular weight excluding hydrogens is 340 g/mol. The van der Waals surface area contributed by atoms with Crippen LogP contribution in [0, 0.1) is 0 Å². The first kappa shape index (κ1) is 26.2. The summed E-state index contributed by atoms with van der Waals surface area (Å²) in [4.78, 5) is 38.8. The van der Waals surface area contributed by atoms with Gasteiger partial charge in [-0.25, -0.2) is 14.6 Å². The van der Waals surface area contributed by atoms with E-state index in [1.54, 1.807) is 0 Å². The van der Waals surface area contributed by atoms with Crippen molar-refractivity contribution in [3.8, 4) is 0 Å². The summed E-state index contributed by atoms with van der Waals surface area (Å²) in [6.07, 6.45) is 1.52. The monoisotopic (exact) mass is 360 g/mol. The van der Waals surface area contributed by atoms with Gasteiger partial charge in [-0.1, -0.05) is 23.1 Å². The fourth-order valence-corrected chi connectivity index (χ4v) is 0.753. The second-order valence-electron chi connectivity index (χ2n) is 3.51. The maximum atomic E-state index is 10.2. The van der Waals surface area contributed by atoms with Crippen LogP contribution in [-0.4, -0.2) is 45.1 Å². The minimum Gasteiger partial charge on any atom is -0.550 e. The van der Waals surface area contributed by atoms with Crippen LogP contribution in [0.3, 0.4) is 0 Å². The molecule has 0 saturated heterocycles. The van der Waals surface area contributed by atoms with Crippen LogP contribution >= 0.6 is 0 Å². The molecule has 13 nitrogen and oxygen atoms in total. The highest BCUT2D eigenvalue weighted by molar-refractivity contribution is 5.81. The normalized spacial score (nSPS) is 8.00. The third-order valence-electron chi connectivity index (χ3n) is 1.62. The molecular formula is C12H20N6O7. The summed E-state index contributed by atoms with van der Waals surface area (Å²) in [5.74, 6) is -2.44. The molecule has 0 unspecified atom stereocenters. The number of H-pyrrole nitrogens is 1. The Morgan fingerprint density at radius 2 is 1.60 bits per heavy atom. The quantitative estimate of drug-likeness (QED) is 0.293. The predicted molar refractivity (Wildman–Crippen MR) is 84.1 cm³/mol. The average Bonchev–Trinajstić information content (AvgIpc) is 2.46. The molecule has 0 saturated carbocycles. The Morgan fingerprint density at radius 3 is 1.88 bits per heavy atom. The van der Waals surface area contributed by atoms with E-state index in [2.05, 4.69) is 32.8 Å². The summed E-state index contributed by atoms with van der Waals surface area (Å²) >= 11 is 0. The largest absolute Gasteiger partial charge is 0.550 e. The molecule has 25 heavy (non-hydrogen) atoms. The molecule has 0 fully saturated rings. The molecule has 140 valence electrons. The number of aromatic nitrogens is 3. The highest BCUT2D eigenvalue weighted by atomic mass is 16.5. The molecule has 1 aromatic heterocycles. The van der Waals surface area contributed by atoms with Crippen LogP contribution < -0.4 is 27.3 Å². The molecule has 1 rings (SSSR count).